The molecule has 0 spiro atoms. The molecule has 0 unspecified atom stereocenters. The third-order valence-corrected chi connectivity index (χ3v) is 3.48. The summed E-state index contributed by atoms with van der Waals surface area (Å²) in [5.74, 6) is -0.201. The predicted octanol–water partition coefficient (Wildman–Crippen LogP) is 3.69. The van der Waals surface area contributed by atoms with Crippen LogP contribution in [-0.4, -0.2) is 20.6 Å². The molecule has 5 heteroatoms. The fourth-order valence-corrected chi connectivity index (χ4v) is 2.49. The monoisotopic (exact) mass is 286 g/mol. The van der Waals surface area contributed by atoms with Gasteiger partial charge in [0.15, 0.2) is 0 Å². The van der Waals surface area contributed by atoms with Crippen LogP contribution in [0.4, 0.5) is 0 Å². The number of para-hydroxylation sites is 1. The fraction of sp³-hybridized carbons (Fsp3) is 0.0667. The molecule has 1 N–H and O–H groups in total. The number of aryl methyl sites for hydroxylation is 1. The van der Waals surface area contributed by atoms with Crippen LogP contribution in [0.25, 0.3) is 16.7 Å². The Hall–Kier alpha value is -2.33. The maximum absolute atomic E-state index is 11.0. The molecule has 1 heterocycles. The van der Waals surface area contributed by atoms with Crippen LogP contribution >= 0.6 is 11.6 Å². The molecule has 0 amide bonds. The van der Waals surface area contributed by atoms with Crippen molar-refractivity contribution in [2.45, 2.75) is 6.92 Å². The van der Waals surface area contributed by atoms with E-state index in [2.05, 4.69) is 4.98 Å². The Labute approximate surface area is 120 Å². The standard InChI is InChI=1S/C15H11ClN2O2/c1-9-17-12-8-10(15(19)20)6-7-14(12)18(9)13-5-3-2-4-11(13)16/h2-8H,1H3,(H,19,20). The average Bonchev–Trinajstić information content (AvgIpc) is 2.74. The summed E-state index contributed by atoms with van der Waals surface area (Å²) >= 11 is 6.23. The van der Waals surface area contributed by atoms with E-state index in [0.717, 1.165) is 17.0 Å². The minimum absolute atomic E-state index is 0.223. The molecular formula is C15H11ClN2O2. The van der Waals surface area contributed by atoms with Gasteiger partial charge in [-0.2, -0.15) is 0 Å². The van der Waals surface area contributed by atoms with Gasteiger partial charge in [-0.3, -0.25) is 4.57 Å². The van der Waals surface area contributed by atoms with Crippen LogP contribution in [0.5, 0.6) is 0 Å². The average molecular weight is 287 g/mol. The molecule has 0 bridgehead atoms. The SMILES string of the molecule is Cc1nc2cc(C(=O)O)ccc2n1-c1ccccc1Cl. The third kappa shape index (κ3) is 1.94. The minimum atomic E-state index is -0.961. The zero-order chi connectivity index (χ0) is 14.3. The molecule has 100 valence electrons. The van der Waals surface area contributed by atoms with Gasteiger partial charge < -0.3 is 5.11 Å². The van der Waals surface area contributed by atoms with Crippen molar-refractivity contribution in [2.75, 3.05) is 0 Å². The Morgan fingerprint density at radius 1 is 1.25 bits per heavy atom. The molecule has 0 radical (unpaired) electrons. The molecule has 0 saturated carbocycles. The molecule has 0 aliphatic carbocycles. The number of rotatable bonds is 2. The Balaban J connectivity index is 2.29. The summed E-state index contributed by atoms with van der Waals surface area (Å²) in [6.45, 7) is 1.86. The van der Waals surface area contributed by atoms with Gasteiger partial charge in [0.1, 0.15) is 5.82 Å². The number of carboxylic acid groups (broad SMARTS) is 1. The molecule has 2 aromatic carbocycles. The lowest BCUT2D eigenvalue weighted by Crippen LogP contribution is -1.98. The molecule has 4 nitrogen and oxygen atoms in total. The van der Waals surface area contributed by atoms with E-state index < -0.39 is 5.97 Å². The van der Waals surface area contributed by atoms with Crippen molar-refractivity contribution in [1.82, 2.24) is 9.55 Å². The molecule has 0 fully saturated rings. The van der Waals surface area contributed by atoms with Gasteiger partial charge in [0.2, 0.25) is 0 Å². The van der Waals surface area contributed by atoms with Crippen LogP contribution in [0, 0.1) is 6.92 Å². The second kappa shape index (κ2) is 4.65. The number of carbonyl (C=O) groups is 1. The van der Waals surface area contributed by atoms with Gasteiger partial charge in [0, 0.05) is 0 Å². The number of imidazole rings is 1. The van der Waals surface area contributed by atoms with E-state index in [1.165, 1.54) is 0 Å². The zero-order valence-electron chi connectivity index (χ0n) is 10.7. The van der Waals surface area contributed by atoms with Crippen LogP contribution < -0.4 is 0 Å². The lowest BCUT2D eigenvalue weighted by Gasteiger charge is -2.08. The number of hydrogen-bond donors (Lipinski definition) is 1. The van der Waals surface area contributed by atoms with Crippen LogP contribution in [0.1, 0.15) is 16.2 Å². The van der Waals surface area contributed by atoms with Crippen molar-refractivity contribution in [3.05, 3.63) is 58.9 Å². The van der Waals surface area contributed by atoms with Crippen molar-refractivity contribution in [3.63, 3.8) is 0 Å². The Morgan fingerprint density at radius 3 is 2.70 bits per heavy atom. The lowest BCUT2D eigenvalue weighted by atomic mass is 10.2. The number of fused-ring (bicyclic) bond motifs is 1. The fourth-order valence-electron chi connectivity index (χ4n) is 2.27. The van der Waals surface area contributed by atoms with Crippen molar-refractivity contribution < 1.29 is 9.90 Å². The van der Waals surface area contributed by atoms with Crippen molar-refractivity contribution in [3.8, 4) is 5.69 Å². The Bertz CT molecular complexity index is 824. The smallest absolute Gasteiger partial charge is 0.335 e. The summed E-state index contributed by atoms with van der Waals surface area (Å²) in [6, 6.07) is 12.4. The topological polar surface area (TPSA) is 55.1 Å². The Kier molecular flexibility index (Phi) is 2.95. The number of nitrogens with zero attached hydrogens (tertiary/aromatic N) is 2. The van der Waals surface area contributed by atoms with Gasteiger partial charge >= 0.3 is 5.97 Å². The summed E-state index contributed by atoms with van der Waals surface area (Å²) in [4.78, 5) is 15.4. The van der Waals surface area contributed by atoms with E-state index in [1.807, 2.05) is 35.8 Å². The number of aromatic nitrogens is 2. The van der Waals surface area contributed by atoms with Crippen molar-refractivity contribution in [1.29, 1.82) is 0 Å². The number of carboxylic acids is 1. The van der Waals surface area contributed by atoms with E-state index in [1.54, 1.807) is 18.2 Å². The number of benzene rings is 2. The first-order chi connectivity index (χ1) is 9.58. The molecule has 20 heavy (non-hydrogen) atoms. The van der Waals surface area contributed by atoms with Gasteiger partial charge in [-0.15, -0.1) is 0 Å². The first-order valence-corrected chi connectivity index (χ1v) is 6.43. The molecule has 3 rings (SSSR count). The molecule has 0 saturated heterocycles. The molecule has 3 aromatic rings. The molecular weight excluding hydrogens is 276 g/mol. The summed E-state index contributed by atoms with van der Waals surface area (Å²) in [5, 5.41) is 9.65. The summed E-state index contributed by atoms with van der Waals surface area (Å²) in [7, 11) is 0. The van der Waals surface area contributed by atoms with Gasteiger partial charge in [0.25, 0.3) is 0 Å². The predicted molar refractivity (Wildman–Crippen MR) is 77.8 cm³/mol. The van der Waals surface area contributed by atoms with Crippen molar-refractivity contribution in [2.24, 2.45) is 0 Å². The molecule has 1 aromatic heterocycles. The van der Waals surface area contributed by atoms with E-state index in [9.17, 15) is 4.79 Å². The second-order valence-electron chi connectivity index (χ2n) is 4.45. The van der Waals surface area contributed by atoms with Gasteiger partial charge in [0.05, 0.1) is 27.3 Å². The lowest BCUT2D eigenvalue weighted by molar-refractivity contribution is 0.0697. The quantitative estimate of drug-likeness (QED) is 0.782. The molecule has 0 aliphatic heterocycles. The minimum Gasteiger partial charge on any atom is -0.478 e. The Morgan fingerprint density at radius 2 is 2.00 bits per heavy atom. The highest BCUT2D eigenvalue weighted by molar-refractivity contribution is 6.32. The number of aromatic carboxylic acids is 1. The van der Waals surface area contributed by atoms with Gasteiger partial charge in [-0.1, -0.05) is 23.7 Å². The summed E-state index contributed by atoms with van der Waals surface area (Å²) in [6.07, 6.45) is 0. The van der Waals surface area contributed by atoms with Crippen molar-refractivity contribution >= 4 is 28.6 Å². The van der Waals surface area contributed by atoms with Crippen LogP contribution in [0.15, 0.2) is 42.5 Å². The van der Waals surface area contributed by atoms with Crippen LogP contribution in [-0.2, 0) is 0 Å². The van der Waals surface area contributed by atoms with E-state index >= 15 is 0 Å². The van der Waals surface area contributed by atoms with Crippen LogP contribution in [0.2, 0.25) is 5.02 Å². The molecule has 0 aliphatic rings. The maximum Gasteiger partial charge on any atom is 0.335 e. The summed E-state index contributed by atoms with van der Waals surface area (Å²) < 4.78 is 1.92. The third-order valence-electron chi connectivity index (χ3n) is 3.16. The first kappa shape index (κ1) is 12.7. The molecule has 0 atom stereocenters. The van der Waals surface area contributed by atoms with Gasteiger partial charge in [-0.05, 0) is 37.3 Å². The summed E-state index contributed by atoms with van der Waals surface area (Å²) in [5.41, 5.74) is 2.53. The number of halogens is 1. The largest absolute Gasteiger partial charge is 0.478 e. The highest BCUT2D eigenvalue weighted by Crippen LogP contribution is 2.27. The highest BCUT2D eigenvalue weighted by Gasteiger charge is 2.13. The second-order valence-corrected chi connectivity index (χ2v) is 4.86. The maximum atomic E-state index is 11.0. The number of hydrogen-bond acceptors (Lipinski definition) is 2. The van der Waals surface area contributed by atoms with E-state index in [0.29, 0.717) is 10.5 Å². The first-order valence-electron chi connectivity index (χ1n) is 6.05. The van der Waals surface area contributed by atoms with Gasteiger partial charge in [-0.25, -0.2) is 9.78 Å². The van der Waals surface area contributed by atoms with Crippen LogP contribution in [0.3, 0.4) is 0 Å². The highest BCUT2D eigenvalue weighted by atomic mass is 35.5. The normalized spacial score (nSPS) is 10.9. The van der Waals surface area contributed by atoms with E-state index in [-0.39, 0.29) is 5.56 Å². The zero-order valence-corrected chi connectivity index (χ0v) is 11.4. The van der Waals surface area contributed by atoms with E-state index in [4.69, 9.17) is 16.7 Å².